The molecule has 5 heteroatoms. The molecule has 1 aliphatic heterocycles. The summed E-state index contributed by atoms with van der Waals surface area (Å²) in [5, 5.41) is 12.5. The van der Waals surface area contributed by atoms with Gasteiger partial charge in [-0.05, 0) is 42.7 Å². The Hall–Kier alpha value is -2.29. The highest BCUT2D eigenvalue weighted by Gasteiger charge is 2.24. The first-order chi connectivity index (χ1) is 11.5. The molecule has 2 aromatic rings. The van der Waals surface area contributed by atoms with Crippen LogP contribution in [0.2, 0.25) is 0 Å². The quantitative estimate of drug-likeness (QED) is 0.892. The minimum absolute atomic E-state index is 0.197. The van der Waals surface area contributed by atoms with Crippen LogP contribution in [0.5, 0.6) is 0 Å². The van der Waals surface area contributed by atoms with Crippen LogP contribution in [0.1, 0.15) is 47.8 Å². The summed E-state index contributed by atoms with van der Waals surface area (Å²) in [6.45, 7) is 6.30. The predicted octanol–water partition coefficient (Wildman–Crippen LogP) is 3.79. The van der Waals surface area contributed by atoms with Crippen LogP contribution < -0.4 is 11.1 Å². The Bertz CT molecular complexity index is 849. The predicted molar refractivity (Wildman–Crippen MR) is 99.7 cm³/mol. The zero-order valence-electron chi connectivity index (χ0n) is 14.0. The number of pyridine rings is 1. The number of rotatable bonds is 3. The summed E-state index contributed by atoms with van der Waals surface area (Å²) in [6.07, 6.45) is 0. The third kappa shape index (κ3) is 3.30. The summed E-state index contributed by atoms with van der Waals surface area (Å²) in [6, 6.07) is 14.0. The summed E-state index contributed by atoms with van der Waals surface area (Å²) in [7, 11) is 0. The molecule has 1 aliphatic rings. The van der Waals surface area contributed by atoms with E-state index in [2.05, 4.69) is 42.4 Å². The molecular weight excluding hydrogens is 316 g/mol. The second-order valence-electron chi connectivity index (χ2n) is 6.16. The van der Waals surface area contributed by atoms with Crippen LogP contribution in [-0.2, 0) is 0 Å². The van der Waals surface area contributed by atoms with E-state index in [1.807, 2.05) is 25.1 Å². The van der Waals surface area contributed by atoms with Crippen molar-refractivity contribution in [1.29, 1.82) is 5.26 Å². The number of thioether (sulfide) groups is 1. The fourth-order valence-corrected chi connectivity index (χ4v) is 3.69. The Morgan fingerprint density at radius 3 is 2.75 bits per heavy atom. The molecule has 2 heterocycles. The number of nitrogens with one attached hydrogen (secondary N) is 1. The first kappa shape index (κ1) is 16.6. The van der Waals surface area contributed by atoms with Gasteiger partial charge in [-0.25, -0.2) is 0 Å². The van der Waals surface area contributed by atoms with Gasteiger partial charge in [0.2, 0.25) is 0 Å². The Labute approximate surface area is 146 Å². The molecule has 1 aromatic carbocycles. The Kier molecular flexibility index (Phi) is 4.61. The van der Waals surface area contributed by atoms with Gasteiger partial charge in [0.25, 0.3) is 0 Å². The summed E-state index contributed by atoms with van der Waals surface area (Å²) >= 11 is 1.60. The third-order valence-corrected chi connectivity index (χ3v) is 4.91. The van der Waals surface area contributed by atoms with Crippen molar-refractivity contribution in [1.82, 2.24) is 10.3 Å². The standard InChI is InChI=1S/C19H20N4S/c1-11(2)16-9-15(7-12(3)22-16)18-17(23-19(21)24-18)14-6-4-5-13(8-14)10-20/h4-9,11,19,23H,21H2,1-3H3. The van der Waals surface area contributed by atoms with E-state index in [4.69, 9.17) is 11.0 Å². The highest BCUT2D eigenvalue weighted by molar-refractivity contribution is 8.09. The van der Waals surface area contributed by atoms with Gasteiger partial charge in [0.15, 0.2) is 0 Å². The summed E-state index contributed by atoms with van der Waals surface area (Å²) in [5.41, 5.74) is 11.7. The number of hydrogen-bond donors (Lipinski definition) is 2. The minimum atomic E-state index is -0.197. The second-order valence-corrected chi connectivity index (χ2v) is 7.31. The van der Waals surface area contributed by atoms with Gasteiger partial charge < -0.3 is 11.1 Å². The van der Waals surface area contributed by atoms with Gasteiger partial charge in [0, 0.05) is 21.9 Å². The largest absolute Gasteiger partial charge is 0.360 e. The number of hydrogen-bond acceptors (Lipinski definition) is 5. The molecule has 0 saturated carbocycles. The Morgan fingerprint density at radius 1 is 1.25 bits per heavy atom. The SMILES string of the molecule is Cc1cc(C2=C(c3cccc(C#N)c3)NC(N)S2)cc(C(C)C)n1. The van der Waals surface area contributed by atoms with Gasteiger partial charge in [0.1, 0.15) is 5.50 Å². The van der Waals surface area contributed by atoms with Crippen LogP contribution in [0.15, 0.2) is 36.4 Å². The zero-order chi connectivity index (χ0) is 17.3. The van der Waals surface area contributed by atoms with Gasteiger partial charge in [-0.1, -0.05) is 37.7 Å². The van der Waals surface area contributed by atoms with Crippen molar-refractivity contribution in [3.05, 3.63) is 64.5 Å². The van der Waals surface area contributed by atoms with Crippen molar-refractivity contribution >= 4 is 22.4 Å². The van der Waals surface area contributed by atoms with Crippen LogP contribution >= 0.6 is 11.8 Å². The minimum Gasteiger partial charge on any atom is -0.360 e. The molecule has 0 amide bonds. The van der Waals surface area contributed by atoms with Crippen LogP contribution in [0.25, 0.3) is 10.6 Å². The first-order valence-corrected chi connectivity index (χ1v) is 8.78. The summed E-state index contributed by atoms with van der Waals surface area (Å²) in [5.74, 6) is 0.364. The molecule has 0 aliphatic carbocycles. The molecule has 24 heavy (non-hydrogen) atoms. The van der Waals surface area contributed by atoms with Crippen LogP contribution in [0.3, 0.4) is 0 Å². The molecule has 1 aromatic heterocycles. The molecule has 1 unspecified atom stereocenters. The fraction of sp³-hybridized carbons (Fsp3) is 0.263. The van der Waals surface area contributed by atoms with E-state index < -0.39 is 0 Å². The number of nitrogens with two attached hydrogens (primary N) is 1. The maximum atomic E-state index is 9.15. The van der Waals surface area contributed by atoms with Crippen molar-refractivity contribution in [2.75, 3.05) is 0 Å². The van der Waals surface area contributed by atoms with Gasteiger partial charge in [-0.2, -0.15) is 5.26 Å². The van der Waals surface area contributed by atoms with Crippen molar-refractivity contribution in [2.24, 2.45) is 5.73 Å². The smallest absolute Gasteiger partial charge is 0.127 e. The normalized spacial score (nSPS) is 17.1. The second kappa shape index (κ2) is 6.68. The average molecular weight is 336 g/mol. The monoisotopic (exact) mass is 336 g/mol. The van der Waals surface area contributed by atoms with Gasteiger partial charge in [0.05, 0.1) is 17.3 Å². The van der Waals surface area contributed by atoms with E-state index in [9.17, 15) is 0 Å². The molecule has 3 rings (SSSR count). The molecule has 0 fully saturated rings. The van der Waals surface area contributed by atoms with Crippen LogP contribution in [0.4, 0.5) is 0 Å². The molecule has 122 valence electrons. The van der Waals surface area contributed by atoms with E-state index in [0.717, 1.165) is 33.1 Å². The zero-order valence-corrected chi connectivity index (χ0v) is 14.8. The van der Waals surface area contributed by atoms with Crippen molar-refractivity contribution < 1.29 is 0 Å². The van der Waals surface area contributed by atoms with Crippen LogP contribution in [-0.4, -0.2) is 10.5 Å². The van der Waals surface area contributed by atoms with Crippen molar-refractivity contribution in [2.45, 2.75) is 32.2 Å². The first-order valence-electron chi connectivity index (χ1n) is 7.90. The number of nitrogens with zero attached hydrogens (tertiary/aromatic N) is 2. The van der Waals surface area contributed by atoms with Gasteiger partial charge in [-0.3, -0.25) is 4.98 Å². The maximum Gasteiger partial charge on any atom is 0.127 e. The number of nitriles is 1. The van der Waals surface area contributed by atoms with E-state index in [0.29, 0.717) is 11.5 Å². The van der Waals surface area contributed by atoms with Crippen molar-refractivity contribution in [3.63, 3.8) is 0 Å². The third-order valence-electron chi connectivity index (χ3n) is 3.87. The summed E-state index contributed by atoms with van der Waals surface area (Å²) < 4.78 is 0. The van der Waals surface area contributed by atoms with E-state index in [1.54, 1.807) is 17.8 Å². The molecule has 3 N–H and O–H groups in total. The highest BCUT2D eigenvalue weighted by atomic mass is 32.2. The lowest BCUT2D eigenvalue weighted by Crippen LogP contribution is -2.28. The Morgan fingerprint density at radius 2 is 2.04 bits per heavy atom. The highest BCUT2D eigenvalue weighted by Crippen LogP contribution is 2.41. The number of aromatic nitrogens is 1. The van der Waals surface area contributed by atoms with E-state index in [-0.39, 0.29) is 5.50 Å². The van der Waals surface area contributed by atoms with E-state index >= 15 is 0 Å². The van der Waals surface area contributed by atoms with E-state index in [1.165, 1.54) is 0 Å². The van der Waals surface area contributed by atoms with Gasteiger partial charge >= 0.3 is 0 Å². The van der Waals surface area contributed by atoms with Gasteiger partial charge in [-0.15, -0.1) is 0 Å². The lowest BCUT2D eigenvalue weighted by Gasteiger charge is -2.11. The fourth-order valence-electron chi connectivity index (χ4n) is 2.72. The molecule has 0 bridgehead atoms. The molecule has 0 saturated heterocycles. The number of aryl methyl sites for hydroxylation is 1. The number of benzene rings is 1. The topological polar surface area (TPSA) is 74.7 Å². The summed E-state index contributed by atoms with van der Waals surface area (Å²) in [4.78, 5) is 5.72. The maximum absolute atomic E-state index is 9.15. The Balaban J connectivity index is 2.14. The lowest BCUT2D eigenvalue weighted by atomic mass is 10.0. The molecule has 4 nitrogen and oxygen atoms in total. The van der Waals surface area contributed by atoms with Crippen molar-refractivity contribution in [3.8, 4) is 6.07 Å². The molecule has 0 spiro atoms. The molecule has 0 radical (unpaired) electrons. The van der Waals surface area contributed by atoms with Crippen LogP contribution in [0, 0.1) is 18.3 Å². The lowest BCUT2D eigenvalue weighted by molar-refractivity contribution is 0.815. The molecule has 1 atom stereocenters. The molecular formula is C19H20N4S. The average Bonchev–Trinajstić information content (AvgIpc) is 2.96.